The number of carbonyl (C=O) groups excluding carboxylic acids is 2. The summed E-state index contributed by atoms with van der Waals surface area (Å²) in [6, 6.07) is 0.103. The highest BCUT2D eigenvalue weighted by molar-refractivity contribution is 6.31. The van der Waals surface area contributed by atoms with E-state index in [0.29, 0.717) is 6.54 Å². The lowest BCUT2D eigenvalue weighted by molar-refractivity contribution is -0.156. The second-order valence-corrected chi connectivity index (χ2v) is 6.67. The van der Waals surface area contributed by atoms with E-state index in [9.17, 15) is 9.59 Å². The van der Waals surface area contributed by atoms with Gasteiger partial charge in [0, 0.05) is 13.2 Å². The van der Waals surface area contributed by atoms with Crippen LogP contribution in [0, 0.1) is 0 Å². The summed E-state index contributed by atoms with van der Waals surface area (Å²) in [5, 5.41) is 0. The molecule has 1 aromatic heterocycles. The van der Waals surface area contributed by atoms with Crippen LogP contribution in [-0.4, -0.2) is 34.2 Å². The van der Waals surface area contributed by atoms with Crippen LogP contribution in [0.3, 0.4) is 0 Å². The molecular formula is C19H30N2O5. The molecule has 146 valence electrons. The van der Waals surface area contributed by atoms with Crippen LogP contribution in [0.15, 0.2) is 6.20 Å². The first-order chi connectivity index (χ1) is 12.6. The summed E-state index contributed by atoms with van der Waals surface area (Å²) < 4.78 is 17.6. The minimum atomic E-state index is -1.04. The van der Waals surface area contributed by atoms with Crippen molar-refractivity contribution < 1.29 is 23.8 Å². The maximum atomic E-state index is 11.4. The molecule has 1 atom stereocenters. The summed E-state index contributed by atoms with van der Waals surface area (Å²) in [7, 11) is 0. The van der Waals surface area contributed by atoms with E-state index in [0.717, 1.165) is 32.3 Å². The number of imidazole rings is 1. The zero-order chi connectivity index (χ0) is 18.8. The zero-order valence-electron chi connectivity index (χ0n) is 15.9. The van der Waals surface area contributed by atoms with Gasteiger partial charge < -0.3 is 14.2 Å². The molecule has 0 radical (unpaired) electrons. The number of aryl methyl sites for hydroxylation is 1. The molecule has 0 saturated carbocycles. The van der Waals surface area contributed by atoms with Crippen molar-refractivity contribution in [3.8, 4) is 11.9 Å². The average Bonchev–Trinajstić information content (AvgIpc) is 2.92. The number of aromatic nitrogens is 2. The van der Waals surface area contributed by atoms with Crippen molar-refractivity contribution in [2.45, 2.75) is 84.3 Å². The van der Waals surface area contributed by atoms with Crippen molar-refractivity contribution >= 4 is 11.9 Å². The standard InChI is InChI=1S/C19H30N2O5/c1-3-5-7-9-13-24-15(10-8-6-4-2)11-12-21-14-16-20-19(21)26-18(23)17(22)25-16/h14-15H,3-13H2,1-2H3. The second-order valence-electron chi connectivity index (χ2n) is 6.67. The highest BCUT2D eigenvalue weighted by Gasteiger charge is 2.28. The number of ether oxygens (including phenoxy) is 3. The molecule has 0 aromatic carbocycles. The number of nitrogens with zero attached hydrogens (tertiary/aromatic N) is 2. The van der Waals surface area contributed by atoms with Crippen molar-refractivity contribution in [2.75, 3.05) is 6.61 Å². The lowest BCUT2D eigenvalue weighted by atomic mass is 10.1. The summed E-state index contributed by atoms with van der Waals surface area (Å²) in [6.07, 6.45) is 11.9. The number of carbonyl (C=O) groups is 2. The third kappa shape index (κ3) is 6.44. The molecule has 2 heterocycles. The van der Waals surface area contributed by atoms with Gasteiger partial charge in [0.25, 0.3) is 0 Å². The molecule has 1 unspecified atom stereocenters. The molecule has 0 fully saturated rings. The molecule has 7 heteroatoms. The first-order valence-corrected chi connectivity index (χ1v) is 9.76. The monoisotopic (exact) mass is 366 g/mol. The quantitative estimate of drug-likeness (QED) is 0.301. The highest BCUT2D eigenvalue weighted by Crippen LogP contribution is 2.22. The predicted octanol–water partition coefficient (Wildman–Crippen LogP) is 3.64. The third-order valence-electron chi connectivity index (χ3n) is 4.44. The topological polar surface area (TPSA) is 79.7 Å². The number of esters is 2. The van der Waals surface area contributed by atoms with Gasteiger partial charge in [0.05, 0.1) is 12.3 Å². The summed E-state index contributed by atoms with van der Waals surface area (Å²) in [4.78, 5) is 26.7. The Morgan fingerprint density at radius 1 is 1.00 bits per heavy atom. The van der Waals surface area contributed by atoms with Gasteiger partial charge in [-0.05, 0) is 19.3 Å². The van der Waals surface area contributed by atoms with Crippen molar-refractivity contribution in [3.63, 3.8) is 0 Å². The Labute approximate surface area is 155 Å². The Hall–Kier alpha value is -1.89. The molecule has 0 saturated heterocycles. The molecule has 0 N–H and O–H groups in total. The second kappa shape index (κ2) is 11.0. The van der Waals surface area contributed by atoms with Crippen LogP contribution in [-0.2, 0) is 20.9 Å². The van der Waals surface area contributed by atoms with Gasteiger partial charge in [-0.15, -0.1) is 0 Å². The van der Waals surface area contributed by atoms with Crippen LogP contribution in [0.1, 0.15) is 71.6 Å². The Kier molecular flexibility index (Phi) is 8.61. The first kappa shape index (κ1) is 20.4. The number of fused-ring (bicyclic) bond motifs is 2. The number of rotatable bonds is 13. The molecule has 7 nitrogen and oxygen atoms in total. The first-order valence-electron chi connectivity index (χ1n) is 9.76. The molecule has 1 aromatic rings. The van der Waals surface area contributed by atoms with E-state index >= 15 is 0 Å². The van der Waals surface area contributed by atoms with E-state index in [2.05, 4.69) is 18.8 Å². The van der Waals surface area contributed by atoms with Gasteiger partial charge in [-0.2, -0.15) is 4.98 Å². The van der Waals surface area contributed by atoms with Gasteiger partial charge in [-0.3, -0.25) is 4.57 Å². The van der Waals surface area contributed by atoms with Crippen LogP contribution >= 0.6 is 0 Å². The van der Waals surface area contributed by atoms with E-state index < -0.39 is 11.9 Å². The van der Waals surface area contributed by atoms with E-state index in [-0.39, 0.29) is 18.0 Å². The van der Waals surface area contributed by atoms with Crippen LogP contribution in [0.5, 0.6) is 11.9 Å². The fraction of sp³-hybridized carbons (Fsp3) is 0.737. The molecule has 0 amide bonds. The van der Waals surface area contributed by atoms with Gasteiger partial charge >= 0.3 is 17.9 Å². The predicted molar refractivity (Wildman–Crippen MR) is 96.1 cm³/mol. The van der Waals surface area contributed by atoms with E-state index in [1.165, 1.54) is 32.1 Å². The number of hydrogen-bond acceptors (Lipinski definition) is 6. The van der Waals surface area contributed by atoms with E-state index in [1.807, 2.05) is 0 Å². The largest absolute Gasteiger partial charge is 0.425 e. The van der Waals surface area contributed by atoms with Gasteiger partial charge in [-0.1, -0.05) is 52.4 Å². The molecule has 1 aliphatic rings. The lowest BCUT2D eigenvalue weighted by Gasteiger charge is -2.19. The molecule has 26 heavy (non-hydrogen) atoms. The van der Waals surface area contributed by atoms with Crippen molar-refractivity contribution in [1.82, 2.24) is 9.55 Å². The number of unbranched alkanes of at least 4 members (excludes halogenated alkanes) is 5. The average molecular weight is 366 g/mol. The van der Waals surface area contributed by atoms with Crippen LogP contribution < -0.4 is 9.47 Å². The fourth-order valence-corrected chi connectivity index (χ4v) is 2.92. The van der Waals surface area contributed by atoms with Crippen molar-refractivity contribution in [2.24, 2.45) is 0 Å². The van der Waals surface area contributed by atoms with Gasteiger partial charge in [0.2, 0.25) is 5.88 Å². The van der Waals surface area contributed by atoms with Gasteiger partial charge in [-0.25, -0.2) is 9.59 Å². The minimum absolute atomic E-state index is 0.0962. The molecule has 2 rings (SSSR count). The smallest absolute Gasteiger partial charge is 0.397 e. The SMILES string of the molecule is CCCCCCOC(CCCCC)CCn1cc2nc1OC(=O)C(=O)O2. The van der Waals surface area contributed by atoms with E-state index in [4.69, 9.17) is 14.2 Å². The Bertz CT molecular complexity index is 584. The molecule has 1 aliphatic heterocycles. The summed E-state index contributed by atoms with van der Waals surface area (Å²) in [5.74, 6) is -1.98. The molecule has 2 bridgehead atoms. The molecule has 0 aliphatic carbocycles. The maximum Gasteiger partial charge on any atom is 0.425 e. The highest BCUT2D eigenvalue weighted by atomic mass is 16.6. The third-order valence-corrected chi connectivity index (χ3v) is 4.44. The minimum Gasteiger partial charge on any atom is -0.397 e. The summed E-state index contributed by atoms with van der Waals surface area (Å²) >= 11 is 0. The Balaban J connectivity index is 1.85. The van der Waals surface area contributed by atoms with Crippen LogP contribution in [0.4, 0.5) is 0 Å². The van der Waals surface area contributed by atoms with E-state index in [1.54, 1.807) is 10.8 Å². The Morgan fingerprint density at radius 3 is 2.50 bits per heavy atom. The normalized spacial score (nSPS) is 14.7. The summed E-state index contributed by atoms with van der Waals surface area (Å²) in [6.45, 7) is 5.77. The van der Waals surface area contributed by atoms with Crippen LogP contribution in [0.2, 0.25) is 0 Å². The number of hydrogen-bond donors (Lipinski definition) is 0. The zero-order valence-corrected chi connectivity index (χ0v) is 15.9. The lowest BCUT2D eigenvalue weighted by Crippen LogP contribution is -2.26. The Morgan fingerprint density at radius 2 is 1.73 bits per heavy atom. The van der Waals surface area contributed by atoms with Gasteiger partial charge in [0.15, 0.2) is 0 Å². The molecule has 0 spiro atoms. The summed E-state index contributed by atoms with van der Waals surface area (Å²) in [5.41, 5.74) is 0. The van der Waals surface area contributed by atoms with Crippen molar-refractivity contribution in [3.05, 3.63) is 6.20 Å². The van der Waals surface area contributed by atoms with Crippen molar-refractivity contribution in [1.29, 1.82) is 0 Å². The van der Waals surface area contributed by atoms with Crippen LogP contribution in [0.25, 0.3) is 0 Å². The molecular weight excluding hydrogens is 336 g/mol. The van der Waals surface area contributed by atoms with Gasteiger partial charge in [0.1, 0.15) is 0 Å². The fourth-order valence-electron chi connectivity index (χ4n) is 2.92. The maximum absolute atomic E-state index is 11.4.